The number of likely N-dealkylation sites (tertiary alicyclic amines) is 1. The van der Waals surface area contributed by atoms with Gasteiger partial charge in [0.2, 0.25) is 17.7 Å². The minimum absolute atomic E-state index is 0.163. The molecule has 3 aliphatic heterocycles. The van der Waals surface area contributed by atoms with Gasteiger partial charge in [0.25, 0.3) is 11.8 Å². The highest BCUT2D eigenvalue weighted by molar-refractivity contribution is 6.06. The van der Waals surface area contributed by atoms with Crippen molar-refractivity contribution in [3.05, 3.63) is 34.9 Å². The summed E-state index contributed by atoms with van der Waals surface area (Å²) in [5.74, 6) is -3.97. The molecule has 7 nitrogen and oxygen atoms in total. The van der Waals surface area contributed by atoms with Crippen molar-refractivity contribution in [2.45, 2.75) is 44.2 Å². The van der Waals surface area contributed by atoms with Gasteiger partial charge in [-0.1, -0.05) is 0 Å². The molecule has 9 heteroatoms. The topological polar surface area (TPSA) is 86.8 Å². The second-order valence-electron chi connectivity index (χ2n) is 8.64. The number of nitrogens with zero attached hydrogens (tertiary/aromatic N) is 2. The van der Waals surface area contributed by atoms with Gasteiger partial charge in [0.05, 0.1) is 0 Å². The summed E-state index contributed by atoms with van der Waals surface area (Å²) >= 11 is 0. The van der Waals surface area contributed by atoms with Crippen molar-refractivity contribution in [1.82, 2.24) is 15.1 Å². The zero-order chi connectivity index (χ0) is 20.6. The summed E-state index contributed by atoms with van der Waals surface area (Å²) in [4.78, 5) is 51.8. The van der Waals surface area contributed by atoms with Gasteiger partial charge >= 0.3 is 0 Å². The van der Waals surface area contributed by atoms with Crippen molar-refractivity contribution in [2.24, 2.45) is 5.41 Å². The highest BCUT2D eigenvalue weighted by Crippen LogP contribution is 2.56. The molecule has 4 amide bonds. The quantitative estimate of drug-likeness (QED) is 0.755. The second-order valence-corrected chi connectivity index (χ2v) is 8.64. The molecule has 1 atom stereocenters. The van der Waals surface area contributed by atoms with Crippen molar-refractivity contribution >= 4 is 23.6 Å². The molecule has 2 saturated heterocycles. The number of amides is 4. The number of carbonyl (C=O) groups is 4. The van der Waals surface area contributed by atoms with Crippen LogP contribution in [0.3, 0.4) is 0 Å². The standard InChI is InChI=1S/C20H19F2N3O4/c21-20(22)7-19(8-20)9-24(10-19)17(28)11-1-2-13-12(5-11)6-25(18(13)29)14-3-4-15(26)23-16(14)27/h1-2,5,14H,3-4,6-10H2,(H,23,26,27). The van der Waals surface area contributed by atoms with Crippen molar-refractivity contribution in [3.63, 3.8) is 0 Å². The summed E-state index contributed by atoms with van der Waals surface area (Å²) in [6.07, 6.45) is 0.124. The van der Waals surface area contributed by atoms with E-state index >= 15 is 0 Å². The zero-order valence-electron chi connectivity index (χ0n) is 15.5. The number of imide groups is 1. The maximum atomic E-state index is 13.1. The maximum absolute atomic E-state index is 13.1. The predicted molar refractivity (Wildman–Crippen MR) is 95.0 cm³/mol. The average Bonchev–Trinajstić information content (AvgIpc) is 2.92. The summed E-state index contributed by atoms with van der Waals surface area (Å²) in [7, 11) is 0. The van der Waals surface area contributed by atoms with Gasteiger partial charge in [0.15, 0.2) is 0 Å². The lowest BCUT2D eigenvalue weighted by molar-refractivity contribution is -0.203. The van der Waals surface area contributed by atoms with Crippen LogP contribution in [0.1, 0.15) is 52.0 Å². The van der Waals surface area contributed by atoms with Gasteiger partial charge in [-0.15, -0.1) is 0 Å². The van der Waals surface area contributed by atoms with Crippen LogP contribution in [-0.4, -0.2) is 58.5 Å². The number of nitrogens with one attached hydrogen (secondary N) is 1. The van der Waals surface area contributed by atoms with Crippen LogP contribution in [0.2, 0.25) is 0 Å². The van der Waals surface area contributed by atoms with Crippen LogP contribution in [0, 0.1) is 5.41 Å². The molecule has 1 spiro atoms. The molecule has 1 unspecified atom stereocenters. The molecule has 4 aliphatic rings. The number of carbonyl (C=O) groups excluding carboxylic acids is 4. The Morgan fingerprint density at radius 2 is 1.86 bits per heavy atom. The monoisotopic (exact) mass is 403 g/mol. The molecule has 1 saturated carbocycles. The molecule has 152 valence electrons. The Bertz CT molecular complexity index is 960. The zero-order valence-corrected chi connectivity index (χ0v) is 15.5. The van der Waals surface area contributed by atoms with Crippen molar-refractivity contribution in [2.75, 3.05) is 13.1 Å². The Kier molecular flexibility index (Phi) is 3.66. The number of rotatable bonds is 2. The molecule has 1 aromatic carbocycles. The highest BCUT2D eigenvalue weighted by Gasteiger charge is 2.62. The molecule has 0 radical (unpaired) electrons. The maximum Gasteiger partial charge on any atom is 0.255 e. The fourth-order valence-corrected chi connectivity index (χ4v) is 5.07. The lowest BCUT2D eigenvalue weighted by atomic mass is 9.61. The molecule has 0 bridgehead atoms. The number of alkyl halides is 2. The number of benzene rings is 1. The van der Waals surface area contributed by atoms with E-state index in [1.165, 1.54) is 4.90 Å². The van der Waals surface area contributed by atoms with Gasteiger partial charge in [0.1, 0.15) is 6.04 Å². The molecule has 1 aliphatic carbocycles. The number of fused-ring (bicyclic) bond motifs is 1. The average molecular weight is 403 g/mol. The minimum atomic E-state index is -2.61. The Morgan fingerprint density at radius 3 is 2.52 bits per heavy atom. The smallest absolute Gasteiger partial charge is 0.255 e. The Labute approximate surface area is 165 Å². The number of hydrogen-bond donors (Lipinski definition) is 1. The normalized spacial score (nSPS) is 26.7. The third-order valence-electron chi connectivity index (χ3n) is 6.38. The molecular weight excluding hydrogens is 384 g/mol. The van der Waals surface area contributed by atoms with Gasteiger partial charge in [-0.3, -0.25) is 24.5 Å². The van der Waals surface area contributed by atoms with E-state index in [0.717, 1.165) is 0 Å². The third-order valence-corrected chi connectivity index (χ3v) is 6.38. The molecule has 0 aromatic heterocycles. The van der Waals surface area contributed by atoms with Crippen LogP contribution in [0.5, 0.6) is 0 Å². The SMILES string of the molecule is O=C1CCC(N2Cc3cc(C(=O)N4CC5(C4)CC(F)(F)C5)ccc3C2=O)C(=O)N1. The van der Waals surface area contributed by atoms with Crippen LogP contribution < -0.4 is 5.32 Å². The molecule has 5 rings (SSSR count). The fraction of sp³-hybridized carbons (Fsp3) is 0.500. The second kappa shape index (κ2) is 5.84. The van der Waals surface area contributed by atoms with Crippen molar-refractivity contribution in [1.29, 1.82) is 0 Å². The van der Waals surface area contributed by atoms with Gasteiger partial charge in [-0.05, 0) is 30.2 Å². The third kappa shape index (κ3) is 2.82. The molecule has 3 heterocycles. The summed E-state index contributed by atoms with van der Waals surface area (Å²) in [5, 5.41) is 2.25. The van der Waals surface area contributed by atoms with Crippen LogP contribution >= 0.6 is 0 Å². The summed E-state index contributed by atoms with van der Waals surface area (Å²) < 4.78 is 26.3. The summed E-state index contributed by atoms with van der Waals surface area (Å²) in [5.41, 5.74) is 1.05. The van der Waals surface area contributed by atoms with Gasteiger partial charge in [-0.2, -0.15) is 0 Å². The first kappa shape index (κ1) is 18.2. The lowest BCUT2D eigenvalue weighted by Crippen LogP contribution is -2.66. The van der Waals surface area contributed by atoms with E-state index in [1.54, 1.807) is 23.1 Å². The summed E-state index contributed by atoms with van der Waals surface area (Å²) in [6, 6.07) is 4.07. The van der Waals surface area contributed by atoms with E-state index in [2.05, 4.69) is 5.32 Å². The van der Waals surface area contributed by atoms with E-state index in [4.69, 9.17) is 0 Å². The summed E-state index contributed by atoms with van der Waals surface area (Å²) in [6.45, 7) is 0.859. The first-order chi connectivity index (χ1) is 13.7. The van der Waals surface area contributed by atoms with Crippen LogP contribution in [0.15, 0.2) is 18.2 Å². The van der Waals surface area contributed by atoms with E-state index in [-0.39, 0.29) is 49.9 Å². The number of piperidine rings is 1. The first-order valence-corrected chi connectivity index (χ1v) is 9.61. The van der Waals surface area contributed by atoms with E-state index in [9.17, 15) is 28.0 Å². The largest absolute Gasteiger partial charge is 0.337 e. The number of hydrogen-bond acceptors (Lipinski definition) is 4. The molecule has 1 aromatic rings. The Morgan fingerprint density at radius 1 is 1.14 bits per heavy atom. The van der Waals surface area contributed by atoms with Crippen molar-refractivity contribution in [3.8, 4) is 0 Å². The van der Waals surface area contributed by atoms with Gasteiger partial charge in [0, 0.05) is 55.4 Å². The van der Waals surface area contributed by atoms with Crippen LogP contribution in [-0.2, 0) is 16.1 Å². The molecule has 3 fully saturated rings. The fourth-order valence-electron chi connectivity index (χ4n) is 5.07. The van der Waals surface area contributed by atoms with Crippen LogP contribution in [0.25, 0.3) is 0 Å². The van der Waals surface area contributed by atoms with Gasteiger partial charge in [-0.25, -0.2) is 8.78 Å². The lowest BCUT2D eigenvalue weighted by Gasteiger charge is -2.58. The Hall–Kier alpha value is -2.84. The molecule has 29 heavy (non-hydrogen) atoms. The Balaban J connectivity index is 1.29. The number of halogens is 2. The molecule has 1 N–H and O–H groups in total. The predicted octanol–water partition coefficient (Wildman–Crippen LogP) is 1.32. The first-order valence-electron chi connectivity index (χ1n) is 9.61. The molecular formula is C20H19F2N3O4. The van der Waals surface area contributed by atoms with E-state index in [0.29, 0.717) is 29.8 Å². The highest BCUT2D eigenvalue weighted by atomic mass is 19.3. The van der Waals surface area contributed by atoms with Crippen molar-refractivity contribution < 1.29 is 28.0 Å². The van der Waals surface area contributed by atoms with E-state index in [1.807, 2.05) is 0 Å². The van der Waals surface area contributed by atoms with E-state index < -0.39 is 23.3 Å². The van der Waals surface area contributed by atoms with Gasteiger partial charge < -0.3 is 9.80 Å². The van der Waals surface area contributed by atoms with Crippen LogP contribution in [0.4, 0.5) is 8.78 Å². The minimum Gasteiger partial charge on any atom is -0.337 e.